The minimum Gasteiger partial charge on any atom is -0.355 e. The Hall–Kier alpha value is -1.51. The van der Waals surface area contributed by atoms with E-state index in [2.05, 4.69) is 44.0 Å². The number of rotatable bonds is 1. The third-order valence-corrected chi connectivity index (χ3v) is 4.34. The van der Waals surface area contributed by atoms with Gasteiger partial charge in [0.25, 0.3) is 0 Å². The van der Waals surface area contributed by atoms with Crippen molar-refractivity contribution in [2.24, 2.45) is 0 Å². The molecule has 1 unspecified atom stereocenters. The van der Waals surface area contributed by atoms with Crippen LogP contribution in [-0.2, 0) is 4.79 Å². The fourth-order valence-electron chi connectivity index (χ4n) is 2.91. The highest BCUT2D eigenvalue weighted by Gasteiger charge is 2.15. The van der Waals surface area contributed by atoms with Crippen LogP contribution >= 0.6 is 0 Å². The van der Waals surface area contributed by atoms with Gasteiger partial charge in [-0.05, 0) is 5.56 Å². The van der Waals surface area contributed by atoms with Crippen LogP contribution < -0.4 is 31.9 Å². The average molecular weight is 363 g/mol. The lowest BCUT2D eigenvalue weighted by molar-refractivity contribution is -0.121. The van der Waals surface area contributed by atoms with Gasteiger partial charge in [0.2, 0.25) is 5.91 Å². The molecule has 26 heavy (non-hydrogen) atoms. The molecular formula is C19H34N6O. The molecule has 0 spiro atoms. The smallest absolute Gasteiger partial charge is 0.221 e. The largest absolute Gasteiger partial charge is 0.355 e. The molecule has 1 amide bonds. The molecule has 1 heterocycles. The average Bonchev–Trinajstić information content (AvgIpc) is 2.67. The molecular weight excluding hydrogens is 328 g/mol. The van der Waals surface area contributed by atoms with Gasteiger partial charge in [-0.25, -0.2) is 0 Å². The maximum absolute atomic E-state index is 12.3. The second-order valence-electron chi connectivity index (χ2n) is 6.47. The molecule has 6 N–H and O–H groups in total. The van der Waals surface area contributed by atoms with Gasteiger partial charge in [0.05, 0.1) is 0 Å². The highest BCUT2D eigenvalue weighted by atomic mass is 16.1. The second kappa shape index (κ2) is 13.7. The lowest BCUT2D eigenvalue weighted by Gasteiger charge is -2.19. The summed E-state index contributed by atoms with van der Waals surface area (Å²) >= 11 is 0. The Kier molecular flexibility index (Phi) is 10.9. The van der Waals surface area contributed by atoms with Crippen molar-refractivity contribution >= 4 is 5.91 Å². The van der Waals surface area contributed by atoms with Gasteiger partial charge >= 0.3 is 0 Å². The number of carbonyl (C=O) groups excluding carboxylic acids is 1. The van der Waals surface area contributed by atoms with Gasteiger partial charge in [-0.2, -0.15) is 0 Å². The van der Waals surface area contributed by atoms with Crippen molar-refractivity contribution in [3.8, 4) is 0 Å². The number of amides is 1. The molecule has 1 aromatic carbocycles. The standard InChI is InChI=1S/C19H34N6O/c26-19-16-18(17-4-2-1-3-5-17)24-14-12-22-10-8-20-6-7-21-9-11-23-13-15-25-19/h1-5,18,20-24H,6-16H2,(H,25,26). The fourth-order valence-corrected chi connectivity index (χ4v) is 2.91. The van der Waals surface area contributed by atoms with Crippen LogP contribution in [0.5, 0.6) is 0 Å². The van der Waals surface area contributed by atoms with Gasteiger partial charge < -0.3 is 31.9 Å². The summed E-state index contributed by atoms with van der Waals surface area (Å²) in [6.45, 7) is 8.86. The van der Waals surface area contributed by atoms with E-state index in [-0.39, 0.29) is 11.9 Å². The van der Waals surface area contributed by atoms with Crippen LogP contribution in [0.15, 0.2) is 30.3 Å². The predicted octanol–water partition coefficient (Wildman–Crippen LogP) is -0.804. The summed E-state index contributed by atoms with van der Waals surface area (Å²) in [7, 11) is 0. The van der Waals surface area contributed by atoms with Crippen LogP contribution in [0.25, 0.3) is 0 Å². The zero-order valence-corrected chi connectivity index (χ0v) is 15.7. The topological polar surface area (TPSA) is 89.2 Å². The molecule has 1 saturated heterocycles. The number of carbonyl (C=O) groups is 1. The van der Waals surface area contributed by atoms with E-state index in [1.165, 1.54) is 0 Å². The summed E-state index contributed by atoms with van der Waals surface area (Å²) in [5.41, 5.74) is 1.15. The maximum Gasteiger partial charge on any atom is 0.221 e. The van der Waals surface area contributed by atoms with E-state index in [0.29, 0.717) is 13.0 Å². The lowest BCUT2D eigenvalue weighted by atomic mass is 10.0. The molecule has 1 aliphatic rings. The fraction of sp³-hybridized carbons (Fsp3) is 0.632. The van der Waals surface area contributed by atoms with Gasteiger partial charge in [0.1, 0.15) is 0 Å². The summed E-state index contributed by atoms with van der Waals surface area (Å²) in [5, 5.41) is 20.1. The third-order valence-electron chi connectivity index (χ3n) is 4.34. The van der Waals surface area contributed by atoms with E-state index in [1.54, 1.807) is 0 Å². The normalized spacial score (nSPS) is 23.2. The molecule has 7 heteroatoms. The first kappa shape index (κ1) is 20.8. The van der Waals surface area contributed by atoms with E-state index < -0.39 is 0 Å². The van der Waals surface area contributed by atoms with Gasteiger partial charge in [-0.1, -0.05) is 30.3 Å². The Labute approximate surface area is 157 Å². The SMILES string of the molecule is O=C1CC(c2ccccc2)NCCNCCNCCNCCNCCN1. The molecule has 1 atom stereocenters. The zero-order chi connectivity index (χ0) is 18.3. The highest BCUT2D eigenvalue weighted by Crippen LogP contribution is 2.15. The van der Waals surface area contributed by atoms with Crippen molar-refractivity contribution in [3.63, 3.8) is 0 Å². The molecule has 0 aliphatic carbocycles. The van der Waals surface area contributed by atoms with Crippen LogP contribution in [0.3, 0.4) is 0 Å². The maximum atomic E-state index is 12.3. The molecule has 7 nitrogen and oxygen atoms in total. The number of benzene rings is 1. The zero-order valence-electron chi connectivity index (χ0n) is 15.7. The molecule has 1 aliphatic heterocycles. The molecule has 1 aromatic rings. The van der Waals surface area contributed by atoms with Gasteiger partial charge in [-0.15, -0.1) is 0 Å². The molecule has 146 valence electrons. The van der Waals surface area contributed by atoms with Crippen LogP contribution in [0.1, 0.15) is 18.0 Å². The minimum absolute atomic E-state index is 0.0374. The Bertz CT molecular complexity index is 484. The van der Waals surface area contributed by atoms with E-state index in [4.69, 9.17) is 0 Å². The lowest BCUT2D eigenvalue weighted by Crippen LogP contribution is -2.37. The Balaban J connectivity index is 1.83. The van der Waals surface area contributed by atoms with Crippen LogP contribution in [-0.4, -0.2) is 71.4 Å². The third kappa shape index (κ3) is 9.26. The van der Waals surface area contributed by atoms with E-state index in [1.807, 2.05) is 18.2 Å². The Morgan fingerprint density at radius 3 is 1.73 bits per heavy atom. The van der Waals surface area contributed by atoms with Crippen LogP contribution in [0.2, 0.25) is 0 Å². The van der Waals surface area contributed by atoms with Gasteiger partial charge in [0, 0.05) is 77.9 Å². The van der Waals surface area contributed by atoms with Crippen molar-refractivity contribution in [1.29, 1.82) is 0 Å². The number of hydrogen-bond acceptors (Lipinski definition) is 6. The van der Waals surface area contributed by atoms with Crippen molar-refractivity contribution in [1.82, 2.24) is 31.9 Å². The predicted molar refractivity (Wildman–Crippen MR) is 106 cm³/mol. The summed E-state index contributed by atoms with van der Waals surface area (Å²) < 4.78 is 0. The first-order chi connectivity index (χ1) is 12.9. The quantitative estimate of drug-likeness (QED) is 0.392. The number of hydrogen-bond donors (Lipinski definition) is 6. The van der Waals surface area contributed by atoms with Crippen molar-refractivity contribution in [2.45, 2.75) is 12.5 Å². The van der Waals surface area contributed by atoms with Crippen molar-refractivity contribution in [3.05, 3.63) is 35.9 Å². The van der Waals surface area contributed by atoms with Crippen LogP contribution in [0.4, 0.5) is 0 Å². The van der Waals surface area contributed by atoms with E-state index in [9.17, 15) is 4.79 Å². The Morgan fingerprint density at radius 2 is 1.15 bits per heavy atom. The molecule has 0 aromatic heterocycles. The summed E-state index contributed by atoms with van der Waals surface area (Å²) in [6.07, 6.45) is 0.452. The highest BCUT2D eigenvalue weighted by molar-refractivity contribution is 5.76. The monoisotopic (exact) mass is 362 g/mol. The second-order valence-corrected chi connectivity index (χ2v) is 6.47. The number of nitrogens with one attached hydrogen (secondary N) is 6. The van der Waals surface area contributed by atoms with Gasteiger partial charge in [0.15, 0.2) is 0 Å². The van der Waals surface area contributed by atoms with E-state index >= 15 is 0 Å². The summed E-state index contributed by atoms with van der Waals surface area (Å²) in [6, 6.07) is 10.2. The molecule has 2 rings (SSSR count). The molecule has 0 saturated carbocycles. The minimum atomic E-state index is 0.0374. The van der Waals surface area contributed by atoms with Crippen LogP contribution in [0, 0.1) is 0 Å². The van der Waals surface area contributed by atoms with Gasteiger partial charge in [-0.3, -0.25) is 4.79 Å². The summed E-state index contributed by atoms with van der Waals surface area (Å²) in [4.78, 5) is 12.3. The molecule has 0 radical (unpaired) electrons. The van der Waals surface area contributed by atoms with Crippen molar-refractivity contribution in [2.75, 3.05) is 65.4 Å². The Morgan fingerprint density at radius 1 is 0.654 bits per heavy atom. The molecule has 1 fully saturated rings. The van der Waals surface area contributed by atoms with Crippen molar-refractivity contribution < 1.29 is 4.79 Å². The summed E-state index contributed by atoms with van der Waals surface area (Å²) in [5.74, 6) is 0.0846. The van der Waals surface area contributed by atoms with E-state index in [0.717, 1.165) is 64.5 Å². The first-order valence-corrected chi connectivity index (χ1v) is 9.74. The first-order valence-electron chi connectivity index (χ1n) is 9.74. The molecule has 0 bridgehead atoms.